The van der Waals surface area contributed by atoms with Crippen LogP contribution in [-0.4, -0.2) is 23.6 Å². The zero-order chi connectivity index (χ0) is 25.5. The Morgan fingerprint density at radius 3 is 2.64 bits per heavy atom. The minimum Gasteiger partial charge on any atom is -0.393 e. The second-order valence-electron chi connectivity index (χ2n) is 13.1. The van der Waals surface area contributed by atoms with Crippen molar-refractivity contribution in [2.75, 3.05) is 6.61 Å². The van der Waals surface area contributed by atoms with Gasteiger partial charge in [-0.15, -0.1) is 0 Å². The Balaban J connectivity index is 1.19. The summed E-state index contributed by atoms with van der Waals surface area (Å²) in [7, 11) is 0. The Morgan fingerprint density at radius 2 is 1.86 bits per heavy atom. The molecule has 1 N–H and O–H groups in total. The van der Waals surface area contributed by atoms with E-state index in [1.807, 2.05) is 24.3 Å². The molecule has 0 aliphatic heterocycles. The van der Waals surface area contributed by atoms with Crippen molar-refractivity contribution in [3.63, 3.8) is 0 Å². The predicted molar refractivity (Wildman–Crippen MR) is 145 cm³/mol. The molecule has 36 heavy (non-hydrogen) atoms. The second kappa shape index (κ2) is 10.2. The third-order valence-corrected chi connectivity index (χ3v) is 11.2. The molecule has 5 rings (SSSR count). The summed E-state index contributed by atoms with van der Waals surface area (Å²) in [6.07, 6.45) is 11.5. The highest BCUT2D eigenvalue weighted by molar-refractivity contribution is 5.91. The maximum Gasteiger partial charge on any atom is 0.155 e. The summed E-state index contributed by atoms with van der Waals surface area (Å²) in [6.45, 7) is 12.6. The fourth-order valence-corrected chi connectivity index (χ4v) is 9.16. The SMILES string of the molecule is C=C(COCc1ccccc1)CC(O)[C@@H](C)[C@H]1CC[C@H]2[C@@H]3CCC4=CC(=O)CC[C@]4(C)[C@H]3CC[C@]12C. The molecule has 3 heteroatoms. The molecule has 4 aliphatic rings. The average Bonchev–Trinajstić information content (AvgIpc) is 3.21. The quantitative estimate of drug-likeness (QED) is 0.389. The van der Waals surface area contributed by atoms with Crippen molar-refractivity contribution in [1.82, 2.24) is 0 Å². The molecule has 8 atom stereocenters. The Bertz CT molecular complexity index is 995. The minimum atomic E-state index is -0.362. The van der Waals surface area contributed by atoms with Crippen LogP contribution in [0.3, 0.4) is 0 Å². The van der Waals surface area contributed by atoms with Gasteiger partial charge in [-0.1, -0.05) is 63.3 Å². The van der Waals surface area contributed by atoms with Gasteiger partial charge in [-0.3, -0.25) is 4.79 Å². The number of carbonyl (C=O) groups excluding carboxylic acids is 1. The van der Waals surface area contributed by atoms with Crippen LogP contribution < -0.4 is 0 Å². The van der Waals surface area contributed by atoms with Crippen LogP contribution in [0.25, 0.3) is 0 Å². The van der Waals surface area contributed by atoms with E-state index < -0.39 is 0 Å². The van der Waals surface area contributed by atoms with Crippen LogP contribution in [0, 0.1) is 40.4 Å². The Labute approximate surface area is 218 Å². The highest BCUT2D eigenvalue weighted by atomic mass is 16.5. The normalized spacial score (nSPS) is 37.3. The number of aliphatic hydroxyl groups excluding tert-OH is 1. The van der Waals surface area contributed by atoms with Gasteiger partial charge in [0, 0.05) is 6.42 Å². The number of ketones is 1. The van der Waals surface area contributed by atoms with Crippen molar-refractivity contribution in [2.24, 2.45) is 40.4 Å². The third kappa shape index (κ3) is 4.67. The van der Waals surface area contributed by atoms with Crippen LogP contribution in [0.15, 0.2) is 54.1 Å². The zero-order valence-electron chi connectivity index (χ0n) is 22.7. The van der Waals surface area contributed by atoms with Gasteiger partial charge in [0.05, 0.1) is 19.3 Å². The van der Waals surface area contributed by atoms with Gasteiger partial charge in [0.15, 0.2) is 5.78 Å². The molecule has 0 spiro atoms. The van der Waals surface area contributed by atoms with Gasteiger partial charge < -0.3 is 9.84 Å². The number of aliphatic hydroxyl groups is 1. The standard InChI is InChI=1S/C33H46O3/c1-22(20-36-21-24-8-6-5-7-9-24)18-31(35)23(2)28-12-13-29-27-11-10-25-19-26(34)14-16-32(25,3)30(27)15-17-33(28,29)4/h5-9,19,23,27-31,35H,1,10-18,20-21H2,2-4H3/t23-,27-,28+,29-,30-,31?,32-,33+/m0/s1. The van der Waals surface area contributed by atoms with Crippen molar-refractivity contribution in [3.8, 4) is 0 Å². The first-order valence-corrected chi connectivity index (χ1v) is 14.4. The zero-order valence-corrected chi connectivity index (χ0v) is 22.7. The summed E-state index contributed by atoms with van der Waals surface area (Å²) in [5.41, 5.74) is 4.15. The summed E-state index contributed by atoms with van der Waals surface area (Å²) in [4.78, 5) is 12.1. The van der Waals surface area contributed by atoms with Crippen LogP contribution in [0.4, 0.5) is 0 Å². The molecule has 0 amide bonds. The van der Waals surface area contributed by atoms with E-state index in [-0.39, 0.29) is 17.4 Å². The summed E-state index contributed by atoms with van der Waals surface area (Å²) in [6, 6.07) is 10.2. The lowest BCUT2D eigenvalue weighted by Crippen LogP contribution is -2.51. The Hall–Kier alpha value is -1.71. The lowest BCUT2D eigenvalue weighted by atomic mass is 9.46. The van der Waals surface area contributed by atoms with Crippen LogP contribution >= 0.6 is 0 Å². The molecule has 3 nitrogen and oxygen atoms in total. The van der Waals surface area contributed by atoms with Crippen LogP contribution in [-0.2, 0) is 16.1 Å². The number of ether oxygens (including phenoxy) is 1. The van der Waals surface area contributed by atoms with Gasteiger partial charge in [0.25, 0.3) is 0 Å². The third-order valence-electron chi connectivity index (χ3n) is 11.2. The van der Waals surface area contributed by atoms with E-state index in [4.69, 9.17) is 4.74 Å². The second-order valence-corrected chi connectivity index (χ2v) is 13.1. The maximum atomic E-state index is 12.1. The molecule has 0 bridgehead atoms. The van der Waals surface area contributed by atoms with Crippen LogP contribution in [0.2, 0.25) is 0 Å². The van der Waals surface area contributed by atoms with E-state index in [1.165, 1.54) is 43.2 Å². The van der Waals surface area contributed by atoms with Gasteiger partial charge in [0.2, 0.25) is 0 Å². The number of fused-ring (bicyclic) bond motifs is 5. The number of rotatable bonds is 8. The van der Waals surface area contributed by atoms with Gasteiger partial charge in [0.1, 0.15) is 0 Å². The molecule has 0 radical (unpaired) electrons. The molecule has 3 fully saturated rings. The van der Waals surface area contributed by atoms with E-state index in [0.717, 1.165) is 42.6 Å². The summed E-state index contributed by atoms with van der Waals surface area (Å²) < 4.78 is 5.88. The van der Waals surface area contributed by atoms with Crippen molar-refractivity contribution in [3.05, 3.63) is 59.7 Å². The van der Waals surface area contributed by atoms with Crippen LogP contribution in [0.1, 0.15) is 84.1 Å². The Kier molecular flexibility index (Phi) is 7.36. The summed E-state index contributed by atoms with van der Waals surface area (Å²) in [5.74, 6) is 3.43. The largest absolute Gasteiger partial charge is 0.393 e. The first kappa shape index (κ1) is 25.9. The van der Waals surface area contributed by atoms with E-state index in [0.29, 0.717) is 36.8 Å². The smallest absolute Gasteiger partial charge is 0.155 e. The minimum absolute atomic E-state index is 0.235. The fourth-order valence-electron chi connectivity index (χ4n) is 9.16. The number of carbonyl (C=O) groups is 1. The highest BCUT2D eigenvalue weighted by Crippen LogP contribution is 2.67. The van der Waals surface area contributed by atoms with Crippen molar-refractivity contribution in [1.29, 1.82) is 0 Å². The molecule has 0 heterocycles. The summed E-state index contributed by atoms with van der Waals surface area (Å²) in [5, 5.41) is 11.3. The van der Waals surface area contributed by atoms with Crippen molar-refractivity contribution in [2.45, 2.75) is 91.3 Å². The number of allylic oxidation sites excluding steroid dienone is 1. The number of hydrogen-bond donors (Lipinski definition) is 1. The van der Waals surface area contributed by atoms with Gasteiger partial charge in [-0.05, 0) is 109 Å². The first-order chi connectivity index (χ1) is 17.2. The van der Waals surface area contributed by atoms with Gasteiger partial charge in [-0.25, -0.2) is 0 Å². The molecule has 4 aliphatic carbocycles. The lowest BCUT2D eigenvalue weighted by molar-refractivity contribution is -0.117. The average molecular weight is 491 g/mol. The molecular formula is C33H46O3. The lowest BCUT2D eigenvalue weighted by Gasteiger charge is -2.58. The molecule has 1 unspecified atom stereocenters. The van der Waals surface area contributed by atoms with E-state index in [2.05, 4.69) is 39.5 Å². The molecule has 1 aromatic rings. The van der Waals surface area contributed by atoms with E-state index in [9.17, 15) is 9.90 Å². The van der Waals surface area contributed by atoms with Crippen molar-refractivity contribution < 1.29 is 14.6 Å². The molecule has 196 valence electrons. The van der Waals surface area contributed by atoms with E-state index >= 15 is 0 Å². The maximum absolute atomic E-state index is 12.1. The van der Waals surface area contributed by atoms with Gasteiger partial charge >= 0.3 is 0 Å². The highest BCUT2D eigenvalue weighted by Gasteiger charge is 2.59. The number of benzene rings is 1. The molecule has 0 saturated heterocycles. The molecule has 0 aromatic heterocycles. The van der Waals surface area contributed by atoms with Gasteiger partial charge in [-0.2, -0.15) is 0 Å². The number of hydrogen-bond acceptors (Lipinski definition) is 3. The summed E-state index contributed by atoms with van der Waals surface area (Å²) >= 11 is 0. The Morgan fingerprint density at radius 1 is 1.08 bits per heavy atom. The first-order valence-electron chi connectivity index (χ1n) is 14.4. The van der Waals surface area contributed by atoms with Crippen LogP contribution in [0.5, 0.6) is 0 Å². The molecular weight excluding hydrogens is 444 g/mol. The fraction of sp³-hybridized carbons (Fsp3) is 0.667. The van der Waals surface area contributed by atoms with Crippen molar-refractivity contribution >= 4 is 5.78 Å². The topological polar surface area (TPSA) is 46.5 Å². The monoisotopic (exact) mass is 490 g/mol. The van der Waals surface area contributed by atoms with E-state index in [1.54, 1.807) is 0 Å². The molecule has 3 saturated carbocycles. The predicted octanol–water partition coefficient (Wildman–Crippen LogP) is 7.29. The molecule has 1 aromatic carbocycles.